The van der Waals surface area contributed by atoms with Gasteiger partial charge in [-0.15, -0.1) is 0 Å². The summed E-state index contributed by atoms with van der Waals surface area (Å²) in [6.45, 7) is 4.35. The van der Waals surface area contributed by atoms with Crippen LogP contribution in [0.15, 0.2) is 53.7 Å². The Kier molecular flexibility index (Phi) is 5.60. The topological polar surface area (TPSA) is 93.1 Å². The van der Waals surface area contributed by atoms with Crippen LogP contribution in [0.1, 0.15) is 11.3 Å². The molecule has 3 aromatic heterocycles. The molecule has 4 heterocycles. The molecule has 34 heavy (non-hydrogen) atoms. The first kappa shape index (κ1) is 22.5. The minimum atomic E-state index is -4.05. The molecule has 1 aliphatic heterocycles. The Hall–Kier alpha value is -3.32. The van der Waals surface area contributed by atoms with Crippen LogP contribution in [0.2, 0.25) is 5.15 Å². The predicted molar refractivity (Wildman–Crippen MR) is 131 cm³/mol. The first-order valence-electron chi connectivity index (χ1n) is 10.7. The van der Waals surface area contributed by atoms with Gasteiger partial charge in [0.05, 0.1) is 29.2 Å². The van der Waals surface area contributed by atoms with Gasteiger partial charge in [0, 0.05) is 43.7 Å². The SMILES string of the molecule is Cc1ccc(S(=O)(=O)n2c(Cl)c(-c3cc(C#N)n(C)c3)c3c(N4CCOCC4)ccnc32)cc1. The third-order valence-electron chi connectivity index (χ3n) is 6.06. The number of halogens is 1. The molecule has 0 saturated carbocycles. The number of pyridine rings is 1. The number of nitriles is 1. The quantitative estimate of drug-likeness (QED) is 0.425. The maximum absolute atomic E-state index is 13.8. The highest BCUT2D eigenvalue weighted by Crippen LogP contribution is 2.44. The van der Waals surface area contributed by atoms with E-state index in [4.69, 9.17) is 16.3 Å². The molecule has 1 fully saturated rings. The molecule has 1 saturated heterocycles. The molecule has 8 nitrogen and oxygen atoms in total. The summed E-state index contributed by atoms with van der Waals surface area (Å²) in [6, 6.07) is 12.3. The van der Waals surface area contributed by atoms with Gasteiger partial charge >= 0.3 is 0 Å². The van der Waals surface area contributed by atoms with Gasteiger partial charge in [-0.1, -0.05) is 29.3 Å². The van der Waals surface area contributed by atoms with Crippen LogP contribution in [0.5, 0.6) is 0 Å². The molecule has 4 aromatic rings. The van der Waals surface area contributed by atoms with Crippen molar-refractivity contribution in [2.45, 2.75) is 11.8 Å². The van der Waals surface area contributed by atoms with Crippen LogP contribution in [-0.2, 0) is 21.8 Å². The Balaban J connectivity index is 1.85. The second kappa shape index (κ2) is 8.47. The van der Waals surface area contributed by atoms with Crippen molar-refractivity contribution in [1.82, 2.24) is 13.5 Å². The summed E-state index contributed by atoms with van der Waals surface area (Å²) in [5, 5.41) is 10.1. The highest BCUT2D eigenvalue weighted by atomic mass is 35.5. The number of morpholine rings is 1. The molecule has 0 N–H and O–H groups in total. The highest BCUT2D eigenvalue weighted by Gasteiger charge is 2.31. The molecule has 0 radical (unpaired) electrons. The second-order valence-electron chi connectivity index (χ2n) is 8.21. The molecule has 0 spiro atoms. The van der Waals surface area contributed by atoms with Gasteiger partial charge in [0.2, 0.25) is 0 Å². The molecule has 174 valence electrons. The Morgan fingerprint density at radius 3 is 2.50 bits per heavy atom. The average molecular weight is 496 g/mol. The molecule has 0 unspecified atom stereocenters. The molecular formula is C24H22ClN5O3S. The second-order valence-corrected chi connectivity index (χ2v) is 10.4. The summed E-state index contributed by atoms with van der Waals surface area (Å²) in [5.41, 5.74) is 3.63. The van der Waals surface area contributed by atoms with E-state index in [1.54, 1.807) is 54.3 Å². The van der Waals surface area contributed by atoms with E-state index in [1.807, 2.05) is 13.0 Å². The Morgan fingerprint density at radius 2 is 1.85 bits per heavy atom. The Bertz CT molecular complexity index is 1540. The molecule has 5 rings (SSSR count). The Morgan fingerprint density at radius 1 is 1.15 bits per heavy atom. The zero-order valence-electron chi connectivity index (χ0n) is 18.7. The van der Waals surface area contributed by atoms with Gasteiger partial charge < -0.3 is 14.2 Å². The van der Waals surface area contributed by atoms with Crippen LogP contribution in [-0.4, -0.2) is 48.2 Å². The summed E-state index contributed by atoms with van der Waals surface area (Å²) in [6.07, 6.45) is 3.37. The number of hydrogen-bond donors (Lipinski definition) is 0. The molecule has 0 atom stereocenters. The minimum absolute atomic E-state index is 0.0267. The molecule has 10 heteroatoms. The fourth-order valence-electron chi connectivity index (χ4n) is 4.31. The molecule has 0 bridgehead atoms. The summed E-state index contributed by atoms with van der Waals surface area (Å²) in [5.74, 6) is 0. The fraction of sp³-hybridized carbons (Fsp3) is 0.250. The Labute approximate surface area is 202 Å². The van der Waals surface area contributed by atoms with Crippen molar-refractivity contribution >= 4 is 38.3 Å². The van der Waals surface area contributed by atoms with Crippen LogP contribution in [0.4, 0.5) is 5.69 Å². The summed E-state index contributed by atoms with van der Waals surface area (Å²) in [7, 11) is -2.29. The van der Waals surface area contributed by atoms with Gasteiger partial charge in [0.1, 0.15) is 16.9 Å². The van der Waals surface area contributed by atoms with E-state index >= 15 is 0 Å². The number of aryl methyl sites for hydroxylation is 2. The number of benzene rings is 1. The van der Waals surface area contributed by atoms with Gasteiger partial charge in [-0.25, -0.2) is 17.4 Å². The maximum Gasteiger partial charge on any atom is 0.270 e. The first-order valence-corrected chi connectivity index (χ1v) is 12.6. The third kappa shape index (κ3) is 3.55. The van der Waals surface area contributed by atoms with Gasteiger partial charge in [-0.2, -0.15) is 5.26 Å². The van der Waals surface area contributed by atoms with Crippen LogP contribution in [0, 0.1) is 18.3 Å². The van der Waals surface area contributed by atoms with E-state index in [2.05, 4.69) is 16.0 Å². The zero-order valence-corrected chi connectivity index (χ0v) is 20.3. The first-order chi connectivity index (χ1) is 16.3. The smallest absolute Gasteiger partial charge is 0.270 e. The van der Waals surface area contributed by atoms with E-state index in [9.17, 15) is 13.7 Å². The summed E-state index contributed by atoms with van der Waals surface area (Å²) >= 11 is 6.88. The lowest BCUT2D eigenvalue weighted by atomic mass is 10.1. The molecular weight excluding hydrogens is 474 g/mol. The number of anilines is 1. The lowest BCUT2D eigenvalue weighted by Gasteiger charge is -2.29. The van der Waals surface area contributed by atoms with Crippen LogP contribution in [0.3, 0.4) is 0 Å². The van der Waals surface area contributed by atoms with E-state index in [1.165, 1.54) is 0 Å². The number of ether oxygens (including phenoxy) is 1. The number of fused-ring (bicyclic) bond motifs is 1. The van der Waals surface area contributed by atoms with Crippen molar-refractivity contribution in [2.24, 2.45) is 7.05 Å². The number of hydrogen-bond acceptors (Lipinski definition) is 6. The van der Waals surface area contributed by atoms with E-state index < -0.39 is 10.0 Å². The monoisotopic (exact) mass is 495 g/mol. The van der Waals surface area contributed by atoms with Crippen molar-refractivity contribution in [1.29, 1.82) is 5.26 Å². The standard InChI is InChI=1S/C24H22ClN5O3S/c1-16-3-5-19(6-4-16)34(31,32)30-23(25)21(17-13-18(14-26)28(2)15-17)22-20(7-8-27-24(22)30)29-9-11-33-12-10-29/h3-8,13,15H,9-12H2,1-2H3. The molecule has 1 aliphatic rings. The maximum atomic E-state index is 13.8. The van der Waals surface area contributed by atoms with Crippen LogP contribution in [0.25, 0.3) is 22.2 Å². The number of rotatable bonds is 4. The molecule has 0 aliphatic carbocycles. The van der Waals surface area contributed by atoms with Crippen molar-refractivity contribution in [3.05, 3.63) is 65.2 Å². The van der Waals surface area contributed by atoms with Crippen LogP contribution >= 0.6 is 11.6 Å². The number of aromatic nitrogens is 3. The van der Waals surface area contributed by atoms with Crippen molar-refractivity contribution in [3.8, 4) is 17.2 Å². The molecule has 0 amide bonds. The van der Waals surface area contributed by atoms with E-state index in [-0.39, 0.29) is 15.7 Å². The summed E-state index contributed by atoms with van der Waals surface area (Å²) < 4.78 is 35.9. The fourth-order valence-corrected chi connectivity index (χ4v) is 6.23. The van der Waals surface area contributed by atoms with Gasteiger partial charge in [-0.3, -0.25) is 0 Å². The molecule has 1 aromatic carbocycles. The van der Waals surface area contributed by atoms with E-state index in [0.717, 1.165) is 15.2 Å². The van der Waals surface area contributed by atoms with Crippen molar-refractivity contribution in [2.75, 3.05) is 31.2 Å². The van der Waals surface area contributed by atoms with Crippen LogP contribution < -0.4 is 4.90 Å². The zero-order chi connectivity index (χ0) is 24.0. The van der Waals surface area contributed by atoms with Gasteiger partial charge in [0.25, 0.3) is 10.0 Å². The normalized spacial score (nSPS) is 14.5. The lowest BCUT2D eigenvalue weighted by Crippen LogP contribution is -2.36. The lowest BCUT2D eigenvalue weighted by molar-refractivity contribution is 0.123. The van der Waals surface area contributed by atoms with Gasteiger partial charge in [0.15, 0.2) is 5.65 Å². The largest absolute Gasteiger partial charge is 0.378 e. The summed E-state index contributed by atoms with van der Waals surface area (Å²) in [4.78, 5) is 6.73. The average Bonchev–Trinajstić information content (AvgIpc) is 3.35. The van der Waals surface area contributed by atoms with Gasteiger partial charge in [-0.05, 0) is 31.2 Å². The minimum Gasteiger partial charge on any atom is -0.378 e. The highest BCUT2D eigenvalue weighted by molar-refractivity contribution is 7.90. The number of nitrogens with zero attached hydrogens (tertiary/aromatic N) is 5. The van der Waals surface area contributed by atoms with E-state index in [0.29, 0.717) is 48.5 Å². The predicted octanol–water partition coefficient (Wildman–Crippen LogP) is 3.95. The van der Waals surface area contributed by atoms with Crippen molar-refractivity contribution in [3.63, 3.8) is 0 Å². The van der Waals surface area contributed by atoms with Crippen molar-refractivity contribution < 1.29 is 13.2 Å². The third-order valence-corrected chi connectivity index (χ3v) is 8.22.